The maximum atomic E-state index is 13.3. The van der Waals surface area contributed by atoms with Crippen LogP contribution in [-0.4, -0.2) is 40.4 Å². The topological polar surface area (TPSA) is 58.1 Å². The normalized spacial score (nSPS) is 16.1. The summed E-state index contributed by atoms with van der Waals surface area (Å²) < 4.78 is 0. The predicted molar refractivity (Wildman–Crippen MR) is 130 cm³/mol. The van der Waals surface area contributed by atoms with Crippen LogP contribution in [0.1, 0.15) is 43.6 Å². The number of benzene rings is 1. The molecule has 0 aliphatic carbocycles. The Balaban J connectivity index is 1.51. The fourth-order valence-corrected chi connectivity index (χ4v) is 5.37. The molecule has 0 spiro atoms. The van der Waals surface area contributed by atoms with Crippen molar-refractivity contribution in [1.29, 1.82) is 0 Å². The largest absolute Gasteiger partial charge is 0.356 e. The highest BCUT2D eigenvalue weighted by Crippen LogP contribution is 2.39. The van der Waals surface area contributed by atoms with Gasteiger partial charge in [-0.05, 0) is 61.8 Å². The number of aromatic nitrogens is 2. The third kappa shape index (κ3) is 5.08. The molecule has 4 rings (SSSR count). The van der Waals surface area contributed by atoms with Crippen LogP contribution in [0.25, 0.3) is 10.4 Å². The van der Waals surface area contributed by atoms with Crippen molar-refractivity contribution in [2.75, 3.05) is 19.6 Å². The number of likely N-dealkylation sites (tertiary alicyclic amines) is 1. The zero-order valence-corrected chi connectivity index (χ0v) is 19.8. The van der Waals surface area contributed by atoms with E-state index in [0.717, 1.165) is 56.7 Å². The summed E-state index contributed by atoms with van der Waals surface area (Å²) in [4.78, 5) is 25.9. The molecular weight excluding hydrogens is 416 g/mol. The molecule has 3 aromatic rings. The summed E-state index contributed by atoms with van der Waals surface area (Å²) in [6.45, 7) is 7.36. The van der Waals surface area contributed by atoms with Crippen molar-refractivity contribution in [2.45, 2.75) is 46.1 Å². The summed E-state index contributed by atoms with van der Waals surface area (Å²) in [6.07, 6.45) is 7.21. The molecule has 0 radical (unpaired) electrons. The minimum absolute atomic E-state index is 0.191. The van der Waals surface area contributed by atoms with Gasteiger partial charge in [0.2, 0.25) is 5.91 Å². The van der Waals surface area contributed by atoms with E-state index in [-0.39, 0.29) is 11.3 Å². The van der Waals surface area contributed by atoms with Crippen LogP contribution in [0.15, 0.2) is 54.2 Å². The molecule has 0 bridgehead atoms. The van der Waals surface area contributed by atoms with E-state index in [2.05, 4.69) is 68.9 Å². The second-order valence-electron chi connectivity index (χ2n) is 8.59. The molecular formula is C26H32N4OS. The Morgan fingerprint density at radius 3 is 2.50 bits per heavy atom. The molecule has 1 aliphatic heterocycles. The lowest BCUT2D eigenvalue weighted by Crippen LogP contribution is -2.50. The highest BCUT2D eigenvalue weighted by molar-refractivity contribution is 7.13. The summed E-state index contributed by atoms with van der Waals surface area (Å²) in [6, 6.07) is 12.8. The van der Waals surface area contributed by atoms with Gasteiger partial charge in [-0.3, -0.25) is 9.69 Å². The van der Waals surface area contributed by atoms with E-state index in [0.29, 0.717) is 6.54 Å². The van der Waals surface area contributed by atoms with Crippen LogP contribution < -0.4 is 5.32 Å². The van der Waals surface area contributed by atoms with Crippen molar-refractivity contribution >= 4 is 17.2 Å². The number of carbonyl (C=O) groups excluding carboxylic acids is 1. The zero-order valence-electron chi connectivity index (χ0n) is 19.0. The lowest BCUT2D eigenvalue weighted by molar-refractivity contribution is -0.134. The molecule has 6 heteroatoms. The lowest BCUT2D eigenvalue weighted by atomic mass is 9.72. The van der Waals surface area contributed by atoms with Crippen molar-refractivity contribution in [3.8, 4) is 10.4 Å². The number of nitrogens with zero attached hydrogens (tertiary/aromatic N) is 3. The van der Waals surface area contributed by atoms with Gasteiger partial charge in [-0.25, -0.2) is 9.97 Å². The first kappa shape index (κ1) is 22.6. The Labute approximate surface area is 194 Å². The van der Waals surface area contributed by atoms with Gasteiger partial charge in [-0.1, -0.05) is 37.3 Å². The maximum absolute atomic E-state index is 13.3. The number of carbonyl (C=O) groups is 1. The molecule has 168 valence electrons. The number of amides is 1. The van der Waals surface area contributed by atoms with E-state index in [1.165, 1.54) is 16.0 Å². The number of piperidine rings is 1. The number of hydrogen-bond acceptors (Lipinski definition) is 5. The van der Waals surface area contributed by atoms with Gasteiger partial charge in [0.25, 0.3) is 0 Å². The van der Waals surface area contributed by atoms with Crippen LogP contribution in [0.3, 0.4) is 0 Å². The Bertz CT molecular complexity index is 1010. The first-order valence-corrected chi connectivity index (χ1v) is 12.4. The minimum atomic E-state index is -0.373. The standard InChI is InChI=1S/C26H32N4OS/c1-3-24-28-17-20(18-29-24)19-30-13-11-26(12-14-30,25(31)27-4-2)16-21-8-5-6-9-22(21)23-10-7-15-32-23/h5-10,15,17-18H,3-4,11-14,16,19H2,1-2H3,(H,27,31). The van der Waals surface area contributed by atoms with Gasteiger partial charge in [-0.15, -0.1) is 11.3 Å². The van der Waals surface area contributed by atoms with E-state index in [1.807, 2.05) is 19.3 Å². The van der Waals surface area contributed by atoms with Gasteiger partial charge in [0.05, 0.1) is 5.41 Å². The molecule has 0 atom stereocenters. The molecule has 1 amide bonds. The van der Waals surface area contributed by atoms with Crippen LogP contribution in [-0.2, 0) is 24.2 Å². The number of thiophene rings is 1. The summed E-state index contributed by atoms with van der Waals surface area (Å²) in [5.41, 5.74) is 3.28. The minimum Gasteiger partial charge on any atom is -0.356 e. The van der Waals surface area contributed by atoms with Crippen LogP contribution in [0, 0.1) is 5.41 Å². The smallest absolute Gasteiger partial charge is 0.226 e. The van der Waals surface area contributed by atoms with E-state index in [4.69, 9.17) is 0 Å². The first-order chi connectivity index (χ1) is 15.6. The molecule has 5 nitrogen and oxygen atoms in total. The molecule has 0 unspecified atom stereocenters. The molecule has 2 aromatic heterocycles. The van der Waals surface area contributed by atoms with Crippen molar-refractivity contribution in [2.24, 2.45) is 5.41 Å². The summed E-state index contributed by atoms with van der Waals surface area (Å²) >= 11 is 1.75. The Morgan fingerprint density at radius 1 is 1.09 bits per heavy atom. The molecule has 1 aliphatic rings. The van der Waals surface area contributed by atoms with Gasteiger partial charge < -0.3 is 5.32 Å². The molecule has 1 saturated heterocycles. The summed E-state index contributed by atoms with van der Waals surface area (Å²) in [7, 11) is 0. The second kappa shape index (κ2) is 10.4. The molecule has 1 N–H and O–H groups in total. The fourth-order valence-electron chi connectivity index (χ4n) is 4.59. The monoisotopic (exact) mass is 448 g/mol. The van der Waals surface area contributed by atoms with Gasteiger partial charge in [-0.2, -0.15) is 0 Å². The summed E-state index contributed by atoms with van der Waals surface area (Å²) in [5.74, 6) is 1.07. The lowest BCUT2D eigenvalue weighted by Gasteiger charge is -2.41. The number of hydrogen-bond donors (Lipinski definition) is 1. The van der Waals surface area contributed by atoms with Crippen molar-refractivity contribution in [3.63, 3.8) is 0 Å². The van der Waals surface area contributed by atoms with Crippen LogP contribution in [0.4, 0.5) is 0 Å². The van der Waals surface area contributed by atoms with Gasteiger partial charge in [0.1, 0.15) is 5.82 Å². The van der Waals surface area contributed by atoms with Crippen molar-refractivity contribution in [3.05, 3.63) is 71.1 Å². The SMILES string of the molecule is CCNC(=O)C1(Cc2ccccc2-c2cccs2)CCN(Cc2cnc(CC)nc2)CC1. The Kier molecular flexibility index (Phi) is 7.33. The zero-order chi connectivity index (χ0) is 22.4. The van der Waals surface area contributed by atoms with Crippen molar-refractivity contribution in [1.82, 2.24) is 20.2 Å². The fraction of sp³-hybridized carbons (Fsp3) is 0.423. The van der Waals surface area contributed by atoms with E-state index in [1.54, 1.807) is 11.3 Å². The highest BCUT2D eigenvalue weighted by atomic mass is 32.1. The van der Waals surface area contributed by atoms with Crippen LogP contribution in [0.5, 0.6) is 0 Å². The second-order valence-corrected chi connectivity index (χ2v) is 9.54. The number of rotatable bonds is 8. The van der Waals surface area contributed by atoms with Gasteiger partial charge >= 0.3 is 0 Å². The number of nitrogens with one attached hydrogen (secondary N) is 1. The summed E-state index contributed by atoms with van der Waals surface area (Å²) in [5, 5.41) is 5.24. The number of aryl methyl sites for hydroxylation is 1. The van der Waals surface area contributed by atoms with E-state index in [9.17, 15) is 4.79 Å². The first-order valence-electron chi connectivity index (χ1n) is 11.6. The maximum Gasteiger partial charge on any atom is 0.226 e. The quantitative estimate of drug-likeness (QED) is 0.541. The predicted octanol–water partition coefficient (Wildman–Crippen LogP) is 4.73. The molecule has 1 fully saturated rings. The molecule has 3 heterocycles. The van der Waals surface area contributed by atoms with Crippen LogP contribution >= 0.6 is 11.3 Å². The molecule has 0 saturated carbocycles. The molecule has 32 heavy (non-hydrogen) atoms. The van der Waals surface area contributed by atoms with Crippen LogP contribution in [0.2, 0.25) is 0 Å². The van der Waals surface area contributed by atoms with Crippen molar-refractivity contribution < 1.29 is 4.79 Å². The third-order valence-electron chi connectivity index (χ3n) is 6.45. The Hall–Kier alpha value is -2.57. The Morgan fingerprint density at radius 2 is 1.84 bits per heavy atom. The van der Waals surface area contributed by atoms with Gasteiger partial charge in [0, 0.05) is 42.3 Å². The highest BCUT2D eigenvalue weighted by Gasteiger charge is 2.41. The van der Waals surface area contributed by atoms with E-state index >= 15 is 0 Å². The average Bonchev–Trinajstić information content (AvgIpc) is 3.36. The average molecular weight is 449 g/mol. The van der Waals surface area contributed by atoms with E-state index < -0.39 is 0 Å². The van der Waals surface area contributed by atoms with Gasteiger partial charge in [0.15, 0.2) is 0 Å². The molecule has 1 aromatic carbocycles. The third-order valence-corrected chi connectivity index (χ3v) is 7.35.